The third-order valence-corrected chi connectivity index (χ3v) is 5.53. The van der Waals surface area contributed by atoms with Crippen LogP contribution >= 0.6 is 34.5 Å². The van der Waals surface area contributed by atoms with Crippen LogP contribution in [0.2, 0.25) is 10.0 Å². The molecule has 146 valence electrons. The molecule has 0 saturated heterocycles. The van der Waals surface area contributed by atoms with Gasteiger partial charge in [0.25, 0.3) is 0 Å². The normalized spacial score (nSPS) is 11.3. The topological polar surface area (TPSA) is 64.4 Å². The number of halogens is 2. The molecule has 0 radical (unpaired) electrons. The smallest absolute Gasteiger partial charge is 0.250 e. The van der Waals surface area contributed by atoms with Gasteiger partial charge in [0.05, 0.1) is 22.3 Å². The molecule has 0 aliphatic rings. The maximum Gasteiger partial charge on any atom is 0.250 e. The Labute approximate surface area is 180 Å². The molecule has 0 spiro atoms. The molecular formula is C21H14Cl2N2O3S. The predicted octanol–water partition coefficient (Wildman–Crippen LogP) is 6.52. The van der Waals surface area contributed by atoms with Crippen LogP contribution in [-0.4, -0.2) is 18.0 Å². The summed E-state index contributed by atoms with van der Waals surface area (Å²) in [7, 11) is 1.55. The van der Waals surface area contributed by atoms with E-state index in [0.717, 1.165) is 10.3 Å². The predicted molar refractivity (Wildman–Crippen MR) is 118 cm³/mol. The number of methoxy groups -OCH3 is 1. The molecule has 0 saturated carbocycles. The maximum atomic E-state index is 12.2. The number of fused-ring (bicyclic) bond motifs is 1. The fourth-order valence-corrected chi connectivity index (χ4v) is 3.90. The van der Waals surface area contributed by atoms with E-state index in [2.05, 4.69) is 10.3 Å². The van der Waals surface area contributed by atoms with E-state index in [0.29, 0.717) is 38.0 Å². The quantitative estimate of drug-likeness (QED) is 0.355. The van der Waals surface area contributed by atoms with Crippen LogP contribution in [0.5, 0.6) is 5.75 Å². The molecule has 4 aromatic rings. The molecule has 0 unspecified atom stereocenters. The van der Waals surface area contributed by atoms with Gasteiger partial charge < -0.3 is 9.15 Å². The largest absolute Gasteiger partial charge is 0.495 e. The Morgan fingerprint density at radius 1 is 1.17 bits per heavy atom. The summed E-state index contributed by atoms with van der Waals surface area (Å²) in [5.41, 5.74) is 1.60. The van der Waals surface area contributed by atoms with Gasteiger partial charge in [0.15, 0.2) is 5.13 Å². The first kappa shape index (κ1) is 19.5. The second kappa shape index (κ2) is 8.29. The van der Waals surface area contributed by atoms with Crippen molar-refractivity contribution in [3.8, 4) is 17.1 Å². The van der Waals surface area contributed by atoms with Crippen LogP contribution in [0.15, 0.2) is 59.0 Å². The van der Waals surface area contributed by atoms with Crippen LogP contribution in [0.3, 0.4) is 0 Å². The highest BCUT2D eigenvalue weighted by Crippen LogP contribution is 2.34. The SMILES string of the molecule is COc1cc2sc(NC(=O)C=Cc3ccc(-c4ccc(Cl)cc4)o3)nc2cc1Cl. The third kappa shape index (κ3) is 4.45. The van der Waals surface area contributed by atoms with Crippen molar-refractivity contribution in [2.45, 2.75) is 0 Å². The minimum absolute atomic E-state index is 0.313. The first-order valence-corrected chi connectivity index (χ1v) is 10.1. The van der Waals surface area contributed by atoms with Gasteiger partial charge >= 0.3 is 0 Å². The third-order valence-electron chi connectivity index (χ3n) is 4.05. The Bertz CT molecular complexity index is 1210. The maximum absolute atomic E-state index is 12.2. The number of rotatable bonds is 5. The monoisotopic (exact) mass is 444 g/mol. The molecule has 0 atom stereocenters. The Kier molecular flexibility index (Phi) is 5.58. The van der Waals surface area contributed by atoms with Crippen LogP contribution in [-0.2, 0) is 4.79 Å². The standard InChI is InChI=1S/C21H14Cl2N2O3S/c1-27-18-11-19-16(10-15(18)23)24-21(29-19)25-20(26)9-7-14-6-8-17(28-14)12-2-4-13(22)5-3-12/h2-11H,1H3,(H,24,25,26). The van der Waals surface area contributed by atoms with Crippen molar-refractivity contribution in [3.05, 3.63) is 70.4 Å². The number of hydrogen-bond acceptors (Lipinski definition) is 5. The van der Waals surface area contributed by atoms with Gasteiger partial charge in [-0.2, -0.15) is 0 Å². The van der Waals surface area contributed by atoms with Crippen LogP contribution < -0.4 is 10.1 Å². The molecule has 8 heteroatoms. The number of nitrogens with one attached hydrogen (secondary N) is 1. The summed E-state index contributed by atoms with van der Waals surface area (Å²) in [4.78, 5) is 16.6. The Hall–Kier alpha value is -2.80. The molecule has 2 aromatic heterocycles. The van der Waals surface area contributed by atoms with E-state index in [9.17, 15) is 4.79 Å². The van der Waals surface area contributed by atoms with Gasteiger partial charge in [-0.3, -0.25) is 10.1 Å². The lowest BCUT2D eigenvalue weighted by Crippen LogP contribution is -2.07. The number of benzene rings is 2. The number of furan rings is 1. The lowest BCUT2D eigenvalue weighted by Gasteiger charge is -2.00. The number of anilines is 1. The van der Waals surface area contributed by atoms with Crippen molar-refractivity contribution in [3.63, 3.8) is 0 Å². The number of carbonyl (C=O) groups excluding carboxylic acids is 1. The van der Waals surface area contributed by atoms with E-state index in [1.54, 1.807) is 43.5 Å². The molecule has 0 aliphatic heterocycles. The molecular weight excluding hydrogens is 431 g/mol. The summed E-state index contributed by atoms with van der Waals surface area (Å²) in [6, 6.07) is 14.5. The van der Waals surface area contributed by atoms with Crippen LogP contribution in [0, 0.1) is 0 Å². The van der Waals surface area contributed by atoms with Gasteiger partial charge in [0.1, 0.15) is 17.3 Å². The number of nitrogens with zero attached hydrogens (tertiary/aromatic N) is 1. The fourth-order valence-electron chi connectivity index (χ4n) is 2.66. The highest BCUT2D eigenvalue weighted by molar-refractivity contribution is 7.22. The van der Waals surface area contributed by atoms with E-state index in [1.165, 1.54) is 17.4 Å². The zero-order valence-corrected chi connectivity index (χ0v) is 17.4. The highest BCUT2D eigenvalue weighted by atomic mass is 35.5. The molecule has 29 heavy (non-hydrogen) atoms. The van der Waals surface area contributed by atoms with Crippen molar-refractivity contribution >= 4 is 61.9 Å². The zero-order valence-electron chi connectivity index (χ0n) is 15.1. The van der Waals surface area contributed by atoms with Gasteiger partial charge in [-0.25, -0.2) is 4.98 Å². The Morgan fingerprint density at radius 2 is 1.97 bits per heavy atom. The summed E-state index contributed by atoms with van der Waals surface area (Å²) < 4.78 is 11.8. The minimum Gasteiger partial charge on any atom is -0.495 e. The highest BCUT2D eigenvalue weighted by Gasteiger charge is 2.10. The zero-order chi connectivity index (χ0) is 20.4. The van der Waals surface area contributed by atoms with Crippen LogP contribution in [0.25, 0.3) is 27.6 Å². The molecule has 1 N–H and O–H groups in total. The molecule has 2 aromatic carbocycles. The number of ether oxygens (including phenoxy) is 1. The van der Waals surface area contributed by atoms with Gasteiger partial charge in [0.2, 0.25) is 5.91 Å². The van der Waals surface area contributed by atoms with Gasteiger partial charge in [-0.05, 0) is 48.5 Å². The van der Waals surface area contributed by atoms with Crippen molar-refractivity contribution in [2.75, 3.05) is 12.4 Å². The summed E-state index contributed by atoms with van der Waals surface area (Å²) >= 11 is 13.4. The van der Waals surface area contributed by atoms with Crippen molar-refractivity contribution < 1.29 is 13.9 Å². The number of amides is 1. The second-order valence-corrected chi connectivity index (χ2v) is 7.88. The van der Waals surface area contributed by atoms with Crippen molar-refractivity contribution in [2.24, 2.45) is 0 Å². The Morgan fingerprint density at radius 3 is 2.72 bits per heavy atom. The lowest BCUT2D eigenvalue weighted by molar-refractivity contribution is -0.111. The lowest BCUT2D eigenvalue weighted by atomic mass is 10.2. The molecule has 0 bridgehead atoms. The minimum atomic E-state index is -0.313. The molecule has 0 aliphatic carbocycles. The summed E-state index contributed by atoms with van der Waals surface area (Å²) in [6.45, 7) is 0. The first-order chi connectivity index (χ1) is 14.0. The summed E-state index contributed by atoms with van der Waals surface area (Å²) in [5, 5.41) is 4.35. The summed E-state index contributed by atoms with van der Waals surface area (Å²) in [5.74, 6) is 1.51. The van der Waals surface area contributed by atoms with Gasteiger partial charge in [0, 0.05) is 22.7 Å². The molecule has 0 fully saturated rings. The van der Waals surface area contributed by atoms with Crippen molar-refractivity contribution in [1.29, 1.82) is 0 Å². The number of aromatic nitrogens is 1. The number of carbonyl (C=O) groups is 1. The van der Waals surface area contributed by atoms with Crippen molar-refractivity contribution in [1.82, 2.24) is 4.98 Å². The van der Waals surface area contributed by atoms with Crippen LogP contribution in [0.1, 0.15) is 5.76 Å². The molecule has 5 nitrogen and oxygen atoms in total. The number of thiazole rings is 1. The van der Waals surface area contributed by atoms with E-state index < -0.39 is 0 Å². The average Bonchev–Trinajstić information content (AvgIpc) is 3.32. The van der Waals surface area contributed by atoms with E-state index >= 15 is 0 Å². The van der Waals surface area contributed by atoms with E-state index in [-0.39, 0.29) is 5.91 Å². The van der Waals surface area contributed by atoms with Crippen LogP contribution in [0.4, 0.5) is 5.13 Å². The first-order valence-electron chi connectivity index (χ1n) is 8.51. The summed E-state index contributed by atoms with van der Waals surface area (Å²) in [6.07, 6.45) is 2.99. The van der Waals surface area contributed by atoms with Gasteiger partial charge in [-0.15, -0.1) is 0 Å². The molecule has 4 rings (SSSR count). The Balaban J connectivity index is 1.45. The second-order valence-electron chi connectivity index (χ2n) is 6.00. The fraction of sp³-hybridized carbons (Fsp3) is 0.0476. The molecule has 2 heterocycles. The van der Waals surface area contributed by atoms with E-state index in [1.807, 2.05) is 18.2 Å². The van der Waals surface area contributed by atoms with Gasteiger partial charge in [-0.1, -0.05) is 34.5 Å². The van der Waals surface area contributed by atoms with E-state index in [4.69, 9.17) is 32.4 Å². The average molecular weight is 445 g/mol. The molecule has 1 amide bonds. The number of hydrogen-bond donors (Lipinski definition) is 1.